The van der Waals surface area contributed by atoms with Gasteiger partial charge in [0.2, 0.25) is 5.03 Å². The van der Waals surface area contributed by atoms with Crippen LogP contribution in [-0.4, -0.2) is 19.9 Å². The SMILES string of the molecule is O=S(=O)(NCC(Br)c1ccccc1)c1ncccc1F. The summed E-state index contributed by atoms with van der Waals surface area (Å²) in [7, 11) is -3.96. The molecule has 0 saturated carbocycles. The summed E-state index contributed by atoms with van der Waals surface area (Å²) in [4.78, 5) is 3.36. The number of rotatable bonds is 5. The van der Waals surface area contributed by atoms with E-state index < -0.39 is 20.9 Å². The number of pyridine rings is 1. The Morgan fingerprint density at radius 3 is 2.55 bits per heavy atom. The molecule has 0 radical (unpaired) electrons. The number of halogens is 2. The zero-order chi connectivity index (χ0) is 14.6. The van der Waals surface area contributed by atoms with Crippen molar-refractivity contribution in [2.45, 2.75) is 9.85 Å². The van der Waals surface area contributed by atoms with Crippen LogP contribution in [0.2, 0.25) is 0 Å². The molecule has 1 aromatic carbocycles. The van der Waals surface area contributed by atoms with Gasteiger partial charge >= 0.3 is 0 Å². The molecule has 0 amide bonds. The van der Waals surface area contributed by atoms with Gasteiger partial charge in [0.05, 0.1) is 4.83 Å². The first-order valence-corrected chi connectivity index (χ1v) is 8.20. The molecule has 2 aromatic rings. The molecule has 0 aliphatic carbocycles. The van der Waals surface area contributed by atoms with Crippen LogP contribution in [0, 0.1) is 5.82 Å². The maximum atomic E-state index is 13.4. The molecule has 0 fully saturated rings. The number of alkyl halides is 1. The van der Waals surface area contributed by atoms with Crippen molar-refractivity contribution in [3.05, 3.63) is 60.0 Å². The summed E-state index contributed by atoms with van der Waals surface area (Å²) in [6, 6.07) is 11.7. The van der Waals surface area contributed by atoms with Crippen LogP contribution in [0.3, 0.4) is 0 Å². The Balaban J connectivity index is 2.09. The lowest BCUT2D eigenvalue weighted by Gasteiger charge is -2.11. The highest BCUT2D eigenvalue weighted by atomic mass is 79.9. The van der Waals surface area contributed by atoms with Crippen LogP contribution in [0.25, 0.3) is 0 Å². The van der Waals surface area contributed by atoms with Crippen LogP contribution in [-0.2, 0) is 10.0 Å². The van der Waals surface area contributed by atoms with Gasteiger partial charge in [-0.2, -0.15) is 0 Å². The highest BCUT2D eigenvalue weighted by Crippen LogP contribution is 2.22. The van der Waals surface area contributed by atoms with E-state index in [0.29, 0.717) is 0 Å². The molecule has 0 saturated heterocycles. The van der Waals surface area contributed by atoms with Crippen molar-refractivity contribution in [3.63, 3.8) is 0 Å². The summed E-state index contributed by atoms with van der Waals surface area (Å²) in [6.07, 6.45) is 1.24. The van der Waals surface area contributed by atoms with E-state index in [9.17, 15) is 12.8 Å². The number of hydrogen-bond donors (Lipinski definition) is 1. The van der Waals surface area contributed by atoms with Crippen molar-refractivity contribution in [1.82, 2.24) is 9.71 Å². The van der Waals surface area contributed by atoms with Crippen LogP contribution in [0.1, 0.15) is 10.4 Å². The molecule has 4 nitrogen and oxygen atoms in total. The molecule has 1 unspecified atom stereocenters. The van der Waals surface area contributed by atoms with Gasteiger partial charge in [0, 0.05) is 12.7 Å². The third-order valence-electron chi connectivity index (χ3n) is 2.59. The molecule has 7 heteroatoms. The van der Waals surface area contributed by atoms with E-state index in [1.165, 1.54) is 12.3 Å². The Labute approximate surface area is 125 Å². The van der Waals surface area contributed by atoms with E-state index in [1.54, 1.807) is 0 Å². The van der Waals surface area contributed by atoms with Gasteiger partial charge in [0.1, 0.15) is 0 Å². The van der Waals surface area contributed by atoms with Crippen molar-refractivity contribution in [1.29, 1.82) is 0 Å². The second kappa shape index (κ2) is 6.43. The predicted molar refractivity (Wildman–Crippen MR) is 77.5 cm³/mol. The largest absolute Gasteiger partial charge is 0.261 e. The van der Waals surface area contributed by atoms with E-state index in [0.717, 1.165) is 11.6 Å². The number of hydrogen-bond acceptors (Lipinski definition) is 3. The minimum absolute atomic E-state index is 0.0996. The molecule has 2 rings (SSSR count). The third kappa shape index (κ3) is 3.62. The second-order valence-electron chi connectivity index (χ2n) is 4.02. The number of benzene rings is 1. The van der Waals surface area contributed by atoms with Gasteiger partial charge in [0.25, 0.3) is 10.0 Å². The minimum atomic E-state index is -3.96. The van der Waals surface area contributed by atoms with E-state index in [-0.39, 0.29) is 11.4 Å². The Morgan fingerprint density at radius 1 is 1.20 bits per heavy atom. The molecular weight excluding hydrogens is 347 g/mol. The first kappa shape index (κ1) is 15.1. The monoisotopic (exact) mass is 358 g/mol. The van der Waals surface area contributed by atoms with Crippen LogP contribution in [0.5, 0.6) is 0 Å². The van der Waals surface area contributed by atoms with Crippen molar-refractivity contribution in [2.24, 2.45) is 0 Å². The van der Waals surface area contributed by atoms with E-state index in [4.69, 9.17) is 0 Å². The Kier molecular flexibility index (Phi) is 4.85. The summed E-state index contributed by atoms with van der Waals surface area (Å²) in [6.45, 7) is 0.0996. The third-order valence-corrected chi connectivity index (χ3v) is 4.80. The topological polar surface area (TPSA) is 59.1 Å². The van der Waals surface area contributed by atoms with Crippen molar-refractivity contribution < 1.29 is 12.8 Å². The van der Waals surface area contributed by atoms with Crippen LogP contribution < -0.4 is 4.72 Å². The molecule has 1 heterocycles. The highest BCUT2D eigenvalue weighted by Gasteiger charge is 2.21. The molecule has 20 heavy (non-hydrogen) atoms. The summed E-state index contributed by atoms with van der Waals surface area (Å²) in [5, 5.41) is -0.590. The Hall–Kier alpha value is -1.31. The second-order valence-corrected chi connectivity index (χ2v) is 6.81. The predicted octanol–water partition coefficient (Wildman–Crippen LogP) is 2.64. The first-order valence-electron chi connectivity index (χ1n) is 5.80. The summed E-state index contributed by atoms with van der Waals surface area (Å²) in [5.41, 5.74) is 0.927. The molecule has 106 valence electrons. The molecule has 0 aliphatic rings. The molecule has 0 spiro atoms. The number of nitrogens with one attached hydrogen (secondary N) is 1. The van der Waals surface area contributed by atoms with Gasteiger partial charge in [-0.15, -0.1) is 0 Å². The van der Waals surface area contributed by atoms with Gasteiger partial charge in [-0.05, 0) is 17.7 Å². The fourth-order valence-electron chi connectivity index (χ4n) is 1.60. The number of sulfonamides is 1. The molecular formula is C13H12BrFN2O2S. The maximum Gasteiger partial charge on any atom is 0.261 e. The summed E-state index contributed by atoms with van der Waals surface area (Å²) < 4.78 is 39.7. The van der Waals surface area contributed by atoms with Gasteiger partial charge in [0.15, 0.2) is 5.82 Å². The summed E-state index contributed by atoms with van der Waals surface area (Å²) in [5.74, 6) is -0.870. The normalized spacial score (nSPS) is 13.1. The van der Waals surface area contributed by atoms with Gasteiger partial charge in [-0.25, -0.2) is 22.5 Å². The fraction of sp³-hybridized carbons (Fsp3) is 0.154. The maximum absolute atomic E-state index is 13.4. The van der Waals surface area contributed by atoms with E-state index >= 15 is 0 Å². The highest BCUT2D eigenvalue weighted by molar-refractivity contribution is 9.09. The lowest BCUT2D eigenvalue weighted by Crippen LogP contribution is -2.28. The lowest BCUT2D eigenvalue weighted by molar-refractivity contribution is 0.544. The van der Waals surface area contributed by atoms with Crippen molar-refractivity contribution in [2.75, 3.05) is 6.54 Å². The lowest BCUT2D eigenvalue weighted by atomic mass is 10.2. The molecule has 1 atom stereocenters. The van der Waals surface area contributed by atoms with E-state index in [1.807, 2.05) is 30.3 Å². The minimum Gasteiger partial charge on any atom is -0.241 e. The number of aromatic nitrogens is 1. The quantitative estimate of drug-likeness (QED) is 0.835. The molecule has 0 aliphatic heterocycles. The summed E-state index contributed by atoms with van der Waals surface area (Å²) >= 11 is 3.39. The van der Waals surface area contributed by atoms with Crippen LogP contribution in [0.15, 0.2) is 53.7 Å². The Bertz CT molecular complexity index is 680. The Morgan fingerprint density at radius 2 is 1.90 bits per heavy atom. The number of nitrogens with zero attached hydrogens (tertiary/aromatic N) is 1. The van der Waals surface area contributed by atoms with Crippen molar-refractivity contribution >= 4 is 26.0 Å². The van der Waals surface area contributed by atoms with Gasteiger partial charge < -0.3 is 0 Å². The van der Waals surface area contributed by atoms with Gasteiger partial charge in [-0.3, -0.25) is 0 Å². The van der Waals surface area contributed by atoms with Crippen molar-refractivity contribution in [3.8, 4) is 0 Å². The molecule has 1 N–H and O–H groups in total. The van der Waals surface area contributed by atoms with E-state index in [2.05, 4.69) is 25.6 Å². The molecule has 0 bridgehead atoms. The standard InChI is InChI=1S/C13H12BrFN2O2S/c14-11(10-5-2-1-3-6-10)9-17-20(18,19)13-12(15)7-4-8-16-13/h1-8,11,17H,9H2. The first-order chi connectivity index (χ1) is 9.50. The van der Waals surface area contributed by atoms with Crippen LogP contribution in [0.4, 0.5) is 4.39 Å². The average molecular weight is 359 g/mol. The van der Waals surface area contributed by atoms with Gasteiger partial charge in [-0.1, -0.05) is 46.3 Å². The molecule has 1 aromatic heterocycles. The smallest absolute Gasteiger partial charge is 0.241 e. The fourth-order valence-corrected chi connectivity index (χ4v) is 3.33. The zero-order valence-electron chi connectivity index (χ0n) is 10.3. The van der Waals surface area contributed by atoms with Crippen LogP contribution >= 0.6 is 15.9 Å². The zero-order valence-corrected chi connectivity index (χ0v) is 12.7. The average Bonchev–Trinajstić information content (AvgIpc) is 2.46.